The molecule has 0 spiro atoms. The zero-order valence-electron chi connectivity index (χ0n) is 12.4. The Balaban J connectivity index is 1.86. The van der Waals surface area contributed by atoms with Crippen molar-refractivity contribution < 1.29 is 4.74 Å². The second-order valence-corrected chi connectivity index (χ2v) is 5.88. The van der Waals surface area contributed by atoms with Crippen LogP contribution in [0, 0.1) is 0 Å². The van der Waals surface area contributed by atoms with Crippen molar-refractivity contribution in [3.8, 4) is 5.75 Å². The van der Waals surface area contributed by atoms with Crippen LogP contribution < -0.4 is 10.1 Å². The molecule has 20 heavy (non-hydrogen) atoms. The fourth-order valence-corrected chi connectivity index (χ4v) is 2.88. The van der Waals surface area contributed by atoms with Crippen molar-refractivity contribution in [3.05, 3.63) is 29.8 Å². The first-order valence-corrected chi connectivity index (χ1v) is 7.74. The summed E-state index contributed by atoms with van der Waals surface area (Å²) in [5.74, 6) is 0.891. The Morgan fingerprint density at radius 1 is 1.35 bits per heavy atom. The highest BCUT2D eigenvalue weighted by Crippen LogP contribution is 2.18. The Morgan fingerprint density at radius 2 is 2.10 bits per heavy atom. The van der Waals surface area contributed by atoms with Crippen molar-refractivity contribution in [2.75, 3.05) is 14.2 Å². The highest BCUT2D eigenvalue weighted by molar-refractivity contribution is 7.80. The van der Waals surface area contributed by atoms with Gasteiger partial charge in [-0.3, -0.25) is 0 Å². The molecule has 0 heterocycles. The van der Waals surface area contributed by atoms with E-state index in [1.54, 1.807) is 7.11 Å². The minimum atomic E-state index is 0.559. The molecule has 0 unspecified atom stereocenters. The highest BCUT2D eigenvalue weighted by Gasteiger charge is 2.15. The summed E-state index contributed by atoms with van der Waals surface area (Å²) in [6.45, 7) is 0.801. The lowest BCUT2D eigenvalue weighted by Crippen LogP contribution is -2.43. The zero-order valence-corrected chi connectivity index (χ0v) is 13.2. The number of hydrogen-bond donors (Lipinski definition) is 1. The van der Waals surface area contributed by atoms with E-state index in [1.165, 1.54) is 37.7 Å². The smallest absolute Gasteiger partial charge is 0.169 e. The van der Waals surface area contributed by atoms with Gasteiger partial charge < -0.3 is 15.0 Å². The molecule has 0 amide bonds. The molecule has 2 rings (SSSR count). The van der Waals surface area contributed by atoms with E-state index in [0.717, 1.165) is 17.4 Å². The van der Waals surface area contributed by atoms with E-state index >= 15 is 0 Å². The predicted molar refractivity (Wildman–Crippen MR) is 87.1 cm³/mol. The Morgan fingerprint density at radius 3 is 2.80 bits per heavy atom. The largest absolute Gasteiger partial charge is 0.497 e. The number of benzene rings is 1. The van der Waals surface area contributed by atoms with Crippen LogP contribution in [-0.2, 0) is 6.54 Å². The predicted octanol–water partition coefficient (Wildman–Crippen LogP) is 3.33. The van der Waals surface area contributed by atoms with Gasteiger partial charge in [-0.25, -0.2) is 0 Å². The lowest BCUT2D eigenvalue weighted by atomic mass is 9.96. The molecule has 1 saturated carbocycles. The Hall–Kier alpha value is -1.29. The van der Waals surface area contributed by atoms with Crippen LogP contribution in [0.25, 0.3) is 0 Å². The lowest BCUT2D eigenvalue weighted by Gasteiger charge is -2.28. The molecule has 1 aromatic carbocycles. The van der Waals surface area contributed by atoms with Crippen molar-refractivity contribution in [2.45, 2.75) is 44.7 Å². The first kappa shape index (κ1) is 15.1. The van der Waals surface area contributed by atoms with Gasteiger partial charge in [-0.2, -0.15) is 0 Å². The molecule has 4 heteroatoms. The summed E-state index contributed by atoms with van der Waals surface area (Å²) in [7, 11) is 3.73. The highest BCUT2D eigenvalue weighted by atomic mass is 32.1. The van der Waals surface area contributed by atoms with Gasteiger partial charge in [-0.05, 0) is 42.8 Å². The van der Waals surface area contributed by atoms with Gasteiger partial charge in [0.25, 0.3) is 0 Å². The monoisotopic (exact) mass is 292 g/mol. The molecule has 0 aromatic heterocycles. The summed E-state index contributed by atoms with van der Waals surface area (Å²) in [4.78, 5) is 2.10. The lowest BCUT2D eigenvalue weighted by molar-refractivity contribution is 0.391. The average molecular weight is 292 g/mol. The quantitative estimate of drug-likeness (QED) is 0.860. The van der Waals surface area contributed by atoms with Crippen LogP contribution in [0.15, 0.2) is 24.3 Å². The van der Waals surface area contributed by atoms with Crippen molar-refractivity contribution in [1.29, 1.82) is 0 Å². The summed E-state index contributed by atoms with van der Waals surface area (Å²) in [5.41, 5.74) is 1.21. The van der Waals surface area contributed by atoms with Crippen LogP contribution in [0.5, 0.6) is 5.75 Å². The number of nitrogens with one attached hydrogen (secondary N) is 1. The topological polar surface area (TPSA) is 24.5 Å². The molecule has 110 valence electrons. The molecule has 1 fully saturated rings. The van der Waals surface area contributed by atoms with Crippen LogP contribution in [-0.4, -0.2) is 30.2 Å². The van der Waals surface area contributed by atoms with Gasteiger partial charge >= 0.3 is 0 Å². The molecule has 1 aliphatic rings. The van der Waals surface area contributed by atoms with E-state index in [0.29, 0.717) is 6.04 Å². The second kappa shape index (κ2) is 7.48. The molecular formula is C16H24N2OS. The van der Waals surface area contributed by atoms with Gasteiger partial charge in [-0.1, -0.05) is 31.4 Å². The number of thiocarbonyl (C=S) groups is 1. The standard InChI is InChI=1S/C16H24N2OS/c1-18(12-13-7-6-10-15(11-13)19-2)16(20)17-14-8-4-3-5-9-14/h6-7,10-11,14H,3-5,8-9,12H2,1-2H3,(H,17,20). The minimum absolute atomic E-state index is 0.559. The van der Waals surface area contributed by atoms with E-state index in [2.05, 4.69) is 22.3 Å². The summed E-state index contributed by atoms with van der Waals surface area (Å²) in [6.07, 6.45) is 6.49. The van der Waals surface area contributed by atoms with Gasteiger partial charge in [0.2, 0.25) is 0 Å². The molecule has 3 nitrogen and oxygen atoms in total. The molecule has 0 aliphatic heterocycles. The molecule has 0 atom stereocenters. The summed E-state index contributed by atoms with van der Waals surface area (Å²) >= 11 is 5.50. The van der Waals surface area contributed by atoms with Crippen LogP contribution in [0.2, 0.25) is 0 Å². The van der Waals surface area contributed by atoms with Crippen molar-refractivity contribution >= 4 is 17.3 Å². The van der Waals surface area contributed by atoms with E-state index in [-0.39, 0.29) is 0 Å². The molecule has 1 aromatic rings. The first-order chi connectivity index (χ1) is 9.69. The van der Waals surface area contributed by atoms with Crippen molar-refractivity contribution in [3.63, 3.8) is 0 Å². The van der Waals surface area contributed by atoms with Gasteiger partial charge in [-0.15, -0.1) is 0 Å². The SMILES string of the molecule is COc1cccc(CN(C)C(=S)NC2CCCCC2)c1. The first-order valence-electron chi connectivity index (χ1n) is 7.33. The third-order valence-corrected chi connectivity index (χ3v) is 4.26. The average Bonchev–Trinajstić information content (AvgIpc) is 2.48. The zero-order chi connectivity index (χ0) is 14.4. The molecular weight excluding hydrogens is 268 g/mol. The molecule has 0 bridgehead atoms. The molecule has 0 radical (unpaired) electrons. The second-order valence-electron chi connectivity index (χ2n) is 5.49. The number of rotatable bonds is 4. The summed E-state index contributed by atoms with van der Waals surface area (Å²) < 4.78 is 5.25. The molecule has 1 N–H and O–H groups in total. The van der Waals surface area contributed by atoms with Crippen LogP contribution in [0.1, 0.15) is 37.7 Å². The Kier molecular flexibility index (Phi) is 5.65. The fraction of sp³-hybridized carbons (Fsp3) is 0.562. The van der Waals surface area contributed by atoms with Gasteiger partial charge in [0.1, 0.15) is 5.75 Å². The van der Waals surface area contributed by atoms with Crippen LogP contribution in [0.3, 0.4) is 0 Å². The number of nitrogens with zero attached hydrogens (tertiary/aromatic N) is 1. The van der Waals surface area contributed by atoms with E-state index in [4.69, 9.17) is 17.0 Å². The maximum absolute atomic E-state index is 5.50. The van der Waals surface area contributed by atoms with E-state index in [9.17, 15) is 0 Å². The Labute approximate surface area is 127 Å². The maximum Gasteiger partial charge on any atom is 0.169 e. The van der Waals surface area contributed by atoms with Gasteiger partial charge in [0, 0.05) is 19.6 Å². The minimum Gasteiger partial charge on any atom is -0.497 e. The van der Waals surface area contributed by atoms with Crippen LogP contribution in [0.4, 0.5) is 0 Å². The normalized spacial score (nSPS) is 15.7. The van der Waals surface area contributed by atoms with Crippen molar-refractivity contribution in [1.82, 2.24) is 10.2 Å². The molecule has 1 aliphatic carbocycles. The Bertz CT molecular complexity index is 444. The third-order valence-electron chi connectivity index (χ3n) is 3.83. The summed E-state index contributed by atoms with van der Waals surface area (Å²) in [5, 5.41) is 4.34. The fourth-order valence-electron chi connectivity index (χ4n) is 2.65. The maximum atomic E-state index is 5.50. The number of ether oxygens (including phenoxy) is 1. The third kappa shape index (κ3) is 4.37. The van der Waals surface area contributed by atoms with E-state index in [1.807, 2.05) is 19.2 Å². The van der Waals surface area contributed by atoms with E-state index < -0.39 is 0 Å². The van der Waals surface area contributed by atoms with Crippen LogP contribution >= 0.6 is 12.2 Å². The number of hydrogen-bond acceptors (Lipinski definition) is 2. The van der Waals surface area contributed by atoms with Gasteiger partial charge in [0.05, 0.1) is 7.11 Å². The van der Waals surface area contributed by atoms with Crippen molar-refractivity contribution in [2.24, 2.45) is 0 Å². The van der Waals surface area contributed by atoms with Gasteiger partial charge in [0.15, 0.2) is 5.11 Å². The molecule has 0 saturated heterocycles. The number of methoxy groups -OCH3 is 1. The summed E-state index contributed by atoms with van der Waals surface area (Å²) in [6, 6.07) is 8.69.